The Balaban J connectivity index is 3.01. The van der Waals surface area contributed by atoms with Crippen molar-refractivity contribution in [1.29, 1.82) is 0 Å². The lowest BCUT2D eigenvalue weighted by Gasteiger charge is -2.03. The summed E-state index contributed by atoms with van der Waals surface area (Å²) < 4.78 is 0. The van der Waals surface area contributed by atoms with Crippen molar-refractivity contribution in [2.24, 2.45) is 0 Å². The van der Waals surface area contributed by atoms with Crippen LogP contribution in [-0.2, 0) is 0 Å². The minimum Gasteiger partial charge on any atom is -0.103 e. The van der Waals surface area contributed by atoms with E-state index >= 15 is 0 Å². The summed E-state index contributed by atoms with van der Waals surface area (Å²) in [6, 6.07) is 0. The van der Waals surface area contributed by atoms with Crippen molar-refractivity contribution in [3.8, 4) is 11.8 Å². The van der Waals surface area contributed by atoms with Crippen molar-refractivity contribution in [1.82, 2.24) is 0 Å². The highest BCUT2D eigenvalue weighted by Gasteiger charge is 1.94. The minimum absolute atomic E-state index is 1.02. The Bertz CT molecular complexity index is 280. The molecule has 0 saturated heterocycles. The van der Waals surface area contributed by atoms with Gasteiger partial charge in [0, 0.05) is 12.8 Å². The molecular weight excluding hydrogens is 300 g/mol. The second-order valence-corrected chi connectivity index (χ2v) is 7.57. The van der Waals surface area contributed by atoms with Gasteiger partial charge in [-0.3, -0.25) is 0 Å². The lowest BCUT2D eigenvalue weighted by Crippen LogP contribution is -1.83. The molecule has 0 aromatic carbocycles. The van der Waals surface area contributed by atoms with Gasteiger partial charge in [0.15, 0.2) is 0 Å². The molecule has 0 unspecified atom stereocenters. The summed E-state index contributed by atoms with van der Waals surface area (Å²) in [5, 5.41) is 0. The molecule has 0 rings (SSSR count). The quantitative estimate of drug-likeness (QED) is 0.162. The van der Waals surface area contributed by atoms with Gasteiger partial charge in [0.05, 0.1) is 0 Å². The number of unbranched alkanes of at least 4 members (excludes halogenated alkanes) is 19. The maximum atomic E-state index is 3.90. The van der Waals surface area contributed by atoms with Crippen LogP contribution in [0.3, 0.4) is 0 Å². The predicted octanol–water partition coefficient (Wildman–Crippen LogP) is 8.85. The Morgan fingerprint density at radius 1 is 0.320 bits per heavy atom. The third kappa shape index (κ3) is 23.6. The summed E-state index contributed by atoms with van der Waals surface area (Å²) in [5.74, 6) is 6.54. The van der Waals surface area contributed by atoms with Gasteiger partial charge in [-0.1, -0.05) is 123 Å². The van der Waals surface area contributed by atoms with Crippen LogP contribution in [0.15, 0.2) is 0 Å². The molecule has 0 aliphatic heterocycles. The summed E-state index contributed by atoms with van der Waals surface area (Å²) >= 11 is 0. The van der Waals surface area contributed by atoms with E-state index in [1.807, 2.05) is 0 Å². The van der Waals surface area contributed by atoms with E-state index in [4.69, 9.17) is 0 Å². The van der Waals surface area contributed by atoms with E-state index in [0.29, 0.717) is 0 Å². The Hall–Kier alpha value is -0.440. The maximum absolute atomic E-state index is 3.90. The zero-order valence-electron chi connectivity index (χ0n) is 17.3. The van der Waals surface area contributed by atoms with Gasteiger partial charge in [0.1, 0.15) is 0 Å². The van der Waals surface area contributed by atoms with Gasteiger partial charge in [0.2, 0.25) is 0 Å². The topological polar surface area (TPSA) is 0 Å². The molecule has 0 bridgehead atoms. The zero-order valence-corrected chi connectivity index (χ0v) is 17.3. The van der Waals surface area contributed by atoms with Crippen LogP contribution in [0.4, 0.5) is 0 Å². The van der Waals surface area contributed by atoms with Crippen molar-refractivity contribution < 1.29 is 0 Å². The molecule has 0 heterocycles. The van der Waals surface area contributed by atoms with Crippen molar-refractivity contribution >= 4 is 0 Å². The highest BCUT2D eigenvalue weighted by atomic mass is 14.0. The van der Waals surface area contributed by atoms with E-state index in [1.54, 1.807) is 0 Å². The van der Waals surface area contributed by atoms with Gasteiger partial charge < -0.3 is 0 Å². The monoisotopic (exact) mass is 346 g/mol. The average molecular weight is 347 g/mol. The van der Waals surface area contributed by atoms with Gasteiger partial charge in [-0.2, -0.15) is 0 Å². The van der Waals surface area contributed by atoms with Crippen LogP contribution in [0.5, 0.6) is 0 Å². The van der Waals surface area contributed by atoms with Gasteiger partial charge in [0.25, 0.3) is 0 Å². The number of hydrogen-bond donors (Lipinski definition) is 0. The van der Waals surface area contributed by atoms with Crippen molar-refractivity contribution in [2.75, 3.05) is 0 Å². The van der Waals surface area contributed by atoms with Crippen LogP contribution < -0.4 is 0 Å². The lowest BCUT2D eigenvalue weighted by atomic mass is 10.0. The van der Waals surface area contributed by atoms with Crippen molar-refractivity contribution in [3.05, 3.63) is 13.8 Å². The van der Waals surface area contributed by atoms with Crippen LogP contribution in [0.2, 0.25) is 0 Å². The molecule has 0 saturated carbocycles. The van der Waals surface area contributed by atoms with Gasteiger partial charge in [-0.25, -0.2) is 0 Å². The molecule has 0 N–H and O–H groups in total. The fourth-order valence-electron chi connectivity index (χ4n) is 3.26. The Labute approximate surface area is 160 Å². The van der Waals surface area contributed by atoms with Crippen LogP contribution in [-0.4, -0.2) is 0 Å². The second kappa shape index (κ2) is 23.6. The van der Waals surface area contributed by atoms with Crippen molar-refractivity contribution in [2.45, 2.75) is 135 Å². The van der Waals surface area contributed by atoms with Crippen LogP contribution in [0.25, 0.3) is 0 Å². The van der Waals surface area contributed by atoms with Gasteiger partial charge >= 0.3 is 0 Å². The first-order valence-electron chi connectivity index (χ1n) is 11.5. The van der Waals surface area contributed by atoms with E-state index < -0.39 is 0 Å². The Kier molecular flexibility index (Phi) is 23.1. The SMILES string of the molecule is [CH2]CCCC#CCCCCCCCCCCCCCCCCCC[CH2]. The van der Waals surface area contributed by atoms with Crippen LogP contribution in [0.1, 0.15) is 135 Å². The highest BCUT2D eigenvalue weighted by Crippen LogP contribution is 2.14. The summed E-state index contributed by atoms with van der Waals surface area (Å²) in [7, 11) is 0. The standard InChI is InChI=1S/C25H46/c1-3-5-7-9-11-13-15-17-19-21-23-25-24-22-20-18-16-14-12-10-8-6-4-2/h1-9,11,13-25H2. The first kappa shape index (κ1) is 24.6. The molecule has 0 amide bonds. The van der Waals surface area contributed by atoms with E-state index in [-0.39, 0.29) is 0 Å². The smallest absolute Gasteiger partial charge is 0.00886 e. The summed E-state index contributed by atoms with van der Waals surface area (Å²) in [6.07, 6.45) is 28.2. The third-order valence-electron chi connectivity index (χ3n) is 4.98. The normalized spacial score (nSPS) is 10.6. The van der Waals surface area contributed by atoms with Crippen LogP contribution >= 0.6 is 0 Å². The van der Waals surface area contributed by atoms with Crippen molar-refractivity contribution in [3.63, 3.8) is 0 Å². The summed E-state index contributed by atoms with van der Waals surface area (Å²) in [5.41, 5.74) is 0. The molecule has 0 aromatic heterocycles. The Morgan fingerprint density at radius 3 is 0.960 bits per heavy atom. The highest BCUT2D eigenvalue weighted by molar-refractivity contribution is 4.98. The van der Waals surface area contributed by atoms with Gasteiger partial charge in [-0.15, -0.1) is 11.8 Å². The largest absolute Gasteiger partial charge is 0.103 e. The van der Waals surface area contributed by atoms with E-state index in [0.717, 1.165) is 32.1 Å². The summed E-state index contributed by atoms with van der Waals surface area (Å²) in [4.78, 5) is 0. The average Bonchev–Trinajstić information content (AvgIpc) is 2.63. The second-order valence-electron chi connectivity index (χ2n) is 7.57. The molecule has 0 aliphatic rings. The number of rotatable bonds is 19. The molecule has 0 fully saturated rings. The lowest BCUT2D eigenvalue weighted by molar-refractivity contribution is 0.529. The maximum Gasteiger partial charge on any atom is 0.00886 e. The molecule has 0 aromatic rings. The molecule has 146 valence electrons. The molecule has 0 aliphatic carbocycles. The molecule has 0 heteroatoms. The molecule has 0 atom stereocenters. The van der Waals surface area contributed by atoms with Crippen LogP contribution in [0, 0.1) is 25.7 Å². The number of hydrogen-bond acceptors (Lipinski definition) is 0. The molecule has 25 heavy (non-hydrogen) atoms. The van der Waals surface area contributed by atoms with Gasteiger partial charge in [-0.05, 0) is 12.8 Å². The fourth-order valence-corrected chi connectivity index (χ4v) is 3.26. The Morgan fingerprint density at radius 2 is 0.600 bits per heavy atom. The minimum atomic E-state index is 1.02. The van der Waals surface area contributed by atoms with E-state index in [2.05, 4.69) is 25.7 Å². The molecule has 0 nitrogen and oxygen atoms in total. The molecular formula is C25H46. The fraction of sp³-hybridized carbons (Fsp3) is 0.840. The molecule has 0 spiro atoms. The predicted molar refractivity (Wildman–Crippen MR) is 115 cm³/mol. The van der Waals surface area contributed by atoms with E-state index in [9.17, 15) is 0 Å². The van der Waals surface area contributed by atoms with E-state index in [1.165, 1.54) is 103 Å². The first-order valence-corrected chi connectivity index (χ1v) is 11.5. The third-order valence-corrected chi connectivity index (χ3v) is 4.98. The summed E-state index contributed by atoms with van der Waals surface area (Å²) in [6.45, 7) is 7.74. The first-order chi connectivity index (χ1) is 12.4. The zero-order chi connectivity index (χ0) is 18.3. The molecule has 2 radical (unpaired) electrons.